The third-order valence-electron chi connectivity index (χ3n) is 20.9. The van der Waals surface area contributed by atoms with Gasteiger partial charge in [-0.1, -0.05) is 281 Å². The van der Waals surface area contributed by atoms with Crippen LogP contribution < -0.4 is 21.3 Å². The number of aromatic amines is 1. The number of rotatable bonds is 8. The third-order valence-corrected chi connectivity index (χ3v) is 20.9. The van der Waals surface area contributed by atoms with Crippen molar-refractivity contribution in [1.29, 1.82) is 0 Å². The van der Waals surface area contributed by atoms with E-state index in [4.69, 9.17) is 5.48 Å². The summed E-state index contributed by atoms with van der Waals surface area (Å²) in [5, 5.41) is 3.26. The number of nitrogens with one attached hydrogen (secondary N) is 1. The number of hydrogen-bond acceptors (Lipinski definition) is 1. The van der Waals surface area contributed by atoms with E-state index in [1.165, 1.54) is 6.07 Å². The lowest BCUT2D eigenvalue weighted by Gasteiger charge is -2.42. The molecule has 2 aliphatic rings. The zero-order valence-corrected chi connectivity index (χ0v) is 54.4. The van der Waals surface area contributed by atoms with Crippen molar-refractivity contribution in [3.63, 3.8) is 0 Å². The standard InChI is InChI=1S/C94H64BN5/c1-94(2,3)61-54-74(59-30-9-5-10-31-59)91(75(55-61)60-32-11-6-12-33-60)100-85-56-62(97-79-45-22-17-38-67(79)68-39-18-23-46-80(68)97)50-51-76(85)95-77-52-53-84(98-81-47-24-19-40-69(81)70-41-20-25-48-82(70)98)88-72-42-21-26-49-83(72)99(92(77)88)86-57-78-87(93(100)89(86)95)73-44-27-43-71(90(73)96-78)66-37-16-15-36-65(66)64-35-14-13-34-63(64)58-28-7-4-8-29-58/h4-57,96H,1-3H3/i17D,18D,19D,20D,22D,23D,24D,25D,38D,39D,40D,41D,45D,46D,47D. The van der Waals surface area contributed by atoms with Crippen LogP contribution in [0.4, 0.5) is 17.1 Å². The predicted molar refractivity (Wildman–Crippen MR) is 424 cm³/mol. The van der Waals surface area contributed by atoms with E-state index in [0.29, 0.717) is 22.4 Å². The van der Waals surface area contributed by atoms with E-state index in [1.807, 2.05) is 78.9 Å². The number of hydrogen-bond donors (Lipinski definition) is 1. The van der Waals surface area contributed by atoms with E-state index >= 15 is 0 Å². The fourth-order valence-corrected chi connectivity index (χ4v) is 16.6. The molecule has 6 heterocycles. The molecule has 1 N–H and O–H groups in total. The Balaban J connectivity index is 0.979. The van der Waals surface area contributed by atoms with Gasteiger partial charge in [0.2, 0.25) is 0 Å². The van der Waals surface area contributed by atoms with E-state index in [1.54, 1.807) is 9.13 Å². The first-order chi connectivity index (χ1) is 55.5. The number of fused-ring (bicyclic) bond motifs is 17. The smallest absolute Gasteiger partial charge is 0.252 e. The molecule has 5 nitrogen and oxygen atoms in total. The van der Waals surface area contributed by atoms with Crippen LogP contribution in [0, 0.1) is 0 Å². The number of benzene rings is 15. The Morgan fingerprint density at radius 3 is 1.48 bits per heavy atom. The van der Waals surface area contributed by atoms with Crippen LogP contribution in [0.25, 0.3) is 160 Å². The molecular weight excluding hydrogens is 1210 g/mol. The van der Waals surface area contributed by atoms with Crippen LogP contribution in [0.3, 0.4) is 0 Å². The second-order valence-corrected chi connectivity index (χ2v) is 27.2. The van der Waals surface area contributed by atoms with Gasteiger partial charge in [-0.05, 0) is 133 Å². The summed E-state index contributed by atoms with van der Waals surface area (Å²) in [5.41, 5.74) is 20.0. The lowest BCUT2D eigenvalue weighted by Crippen LogP contribution is -2.60. The minimum absolute atomic E-state index is 0.0378. The second-order valence-electron chi connectivity index (χ2n) is 27.2. The van der Waals surface area contributed by atoms with Gasteiger partial charge in [0.15, 0.2) is 0 Å². The first-order valence-electron chi connectivity index (χ1n) is 41.2. The van der Waals surface area contributed by atoms with Gasteiger partial charge in [0.05, 0.1) is 81.8 Å². The van der Waals surface area contributed by atoms with Crippen molar-refractivity contribution in [2.24, 2.45) is 0 Å². The fraction of sp³-hybridized carbons (Fsp3) is 0.0426. The third kappa shape index (κ3) is 8.07. The van der Waals surface area contributed by atoms with E-state index in [2.05, 4.69) is 187 Å². The monoisotopic (exact) mass is 1290 g/mol. The first-order valence-corrected chi connectivity index (χ1v) is 33.7. The second kappa shape index (κ2) is 21.4. The largest absolute Gasteiger partial charge is 0.354 e. The Morgan fingerprint density at radius 2 is 0.840 bits per heavy atom. The van der Waals surface area contributed by atoms with Crippen LogP contribution in [0.5, 0.6) is 0 Å². The molecule has 468 valence electrons. The Bertz CT molecular complexity index is 7450. The summed E-state index contributed by atoms with van der Waals surface area (Å²) in [7, 11) is 0. The molecule has 0 radical (unpaired) electrons. The number of para-hydroxylation sites is 6. The summed E-state index contributed by atoms with van der Waals surface area (Å²) >= 11 is 0. The predicted octanol–water partition coefficient (Wildman–Crippen LogP) is 22.9. The lowest BCUT2D eigenvalue weighted by molar-refractivity contribution is 0.591. The van der Waals surface area contributed by atoms with Crippen LogP contribution >= 0.6 is 0 Å². The van der Waals surface area contributed by atoms with Crippen LogP contribution in [0.15, 0.2) is 327 Å². The number of aromatic nitrogens is 4. The van der Waals surface area contributed by atoms with Gasteiger partial charge in [-0.25, -0.2) is 0 Å². The molecule has 15 aromatic carbocycles. The van der Waals surface area contributed by atoms with Crippen LogP contribution in [-0.2, 0) is 5.41 Å². The van der Waals surface area contributed by atoms with Gasteiger partial charge in [0, 0.05) is 76.8 Å². The van der Waals surface area contributed by atoms with Gasteiger partial charge in [-0.2, -0.15) is 0 Å². The molecule has 4 aromatic heterocycles. The summed E-state index contributed by atoms with van der Waals surface area (Å²) in [5.74, 6) is 0. The SMILES string of the molecule is [2H]c1cc2c(c([2H])c1[2H])c1c([2H])c([2H])c([2H])c([2H])c1n2-c1ccc2c3c1c1ccccc1n3-c1cc3[nH]c4c(-c5ccccc5-c5ccccc5-c5ccccc5)cccc4c3c3c1B2c1ccc(-n2c4c([2H])c([2H])c([2H])c([2H])c4c4c([2H])c([2H])c([2H])c([2H])c42)cc1N3c1c(-c2ccccc2)cc(C(C)(C)C)cc1-c1ccccc1. The maximum absolute atomic E-state index is 9.91. The minimum atomic E-state index is -0.714. The maximum atomic E-state index is 9.91. The quantitative estimate of drug-likeness (QED) is 0.151. The van der Waals surface area contributed by atoms with Gasteiger partial charge in [0.25, 0.3) is 6.71 Å². The molecule has 0 aliphatic carbocycles. The molecule has 19 aromatic rings. The summed E-state index contributed by atoms with van der Waals surface area (Å²) in [6, 6.07) is 74.3. The van der Waals surface area contributed by atoms with E-state index in [-0.39, 0.29) is 73.8 Å². The van der Waals surface area contributed by atoms with Crippen molar-refractivity contribution >= 4 is 127 Å². The van der Waals surface area contributed by atoms with Crippen molar-refractivity contribution < 1.29 is 20.6 Å². The molecule has 0 bridgehead atoms. The maximum Gasteiger partial charge on any atom is 0.252 e. The van der Waals surface area contributed by atoms with Crippen LogP contribution in [0.2, 0.25) is 0 Å². The van der Waals surface area contributed by atoms with Crippen molar-refractivity contribution in [3.05, 3.63) is 333 Å². The van der Waals surface area contributed by atoms with Gasteiger partial charge < -0.3 is 23.6 Å². The molecule has 0 saturated heterocycles. The molecule has 0 spiro atoms. The molecule has 0 unspecified atom stereocenters. The summed E-state index contributed by atoms with van der Waals surface area (Å²) in [6.07, 6.45) is 0. The van der Waals surface area contributed by atoms with Crippen molar-refractivity contribution in [1.82, 2.24) is 18.7 Å². The lowest BCUT2D eigenvalue weighted by atomic mass is 9.33. The van der Waals surface area contributed by atoms with Crippen molar-refractivity contribution in [2.75, 3.05) is 4.90 Å². The normalized spacial score (nSPS) is 14.8. The highest BCUT2D eigenvalue weighted by Gasteiger charge is 2.46. The summed E-state index contributed by atoms with van der Waals surface area (Å²) in [6.45, 7) is 5.92. The number of H-pyrrole nitrogens is 1. The van der Waals surface area contributed by atoms with Crippen molar-refractivity contribution in [2.45, 2.75) is 26.2 Å². The first kappa shape index (κ1) is 43.5. The molecule has 100 heavy (non-hydrogen) atoms. The highest BCUT2D eigenvalue weighted by molar-refractivity contribution is 7.00. The Labute approximate surface area is 600 Å². The molecule has 2 aliphatic heterocycles. The zero-order valence-electron chi connectivity index (χ0n) is 69.4. The average Bonchev–Trinajstić information content (AvgIpc) is 1.55. The molecular formula is C94H64BN5. The Kier molecular flexibility index (Phi) is 9.33. The van der Waals surface area contributed by atoms with Gasteiger partial charge in [-0.15, -0.1) is 0 Å². The van der Waals surface area contributed by atoms with E-state index in [9.17, 15) is 15.1 Å². The highest BCUT2D eigenvalue weighted by Crippen LogP contribution is 2.55. The van der Waals surface area contributed by atoms with E-state index in [0.717, 1.165) is 133 Å². The number of anilines is 3. The summed E-state index contributed by atoms with van der Waals surface area (Å²) < 4.78 is 147. The van der Waals surface area contributed by atoms with Gasteiger partial charge in [0.1, 0.15) is 0 Å². The summed E-state index contributed by atoms with van der Waals surface area (Å²) in [4.78, 5) is 6.55. The zero-order chi connectivity index (χ0) is 79.1. The topological polar surface area (TPSA) is 33.8 Å². The molecule has 0 atom stereocenters. The molecule has 6 heteroatoms. The average molecular weight is 1290 g/mol. The Morgan fingerprint density at radius 1 is 0.340 bits per heavy atom. The fourth-order valence-electron chi connectivity index (χ4n) is 16.6. The van der Waals surface area contributed by atoms with Gasteiger partial charge in [-0.3, -0.25) is 0 Å². The molecule has 0 fully saturated rings. The van der Waals surface area contributed by atoms with Crippen LogP contribution in [-0.4, -0.2) is 25.4 Å². The molecule has 21 rings (SSSR count). The molecule has 0 amide bonds. The van der Waals surface area contributed by atoms with E-state index < -0.39 is 72.6 Å². The van der Waals surface area contributed by atoms with Crippen molar-refractivity contribution in [3.8, 4) is 72.7 Å². The Hall–Kier alpha value is -12.6. The van der Waals surface area contributed by atoms with Gasteiger partial charge >= 0.3 is 0 Å². The highest BCUT2D eigenvalue weighted by atomic mass is 15.2. The molecule has 0 saturated carbocycles. The number of nitrogens with zero attached hydrogens (tertiary/aromatic N) is 4. The van der Waals surface area contributed by atoms with Crippen LogP contribution in [0.1, 0.15) is 46.9 Å². The minimum Gasteiger partial charge on any atom is -0.354 e.